The van der Waals surface area contributed by atoms with Crippen molar-refractivity contribution in [1.29, 1.82) is 0 Å². The number of nitrogens with one attached hydrogen (secondary N) is 1. The zero-order chi connectivity index (χ0) is 19.8. The number of hydrogen-bond donors (Lipinski definition) is 3. The molecule has 0 saturated carbocycles. The fraction of sp³-hybridized carbons (Fsp3) is 0.294. The number of nitrogens with zero attached hydrogens (tertiary/aromatic N) is 2. The number of aliphatic hydroxyl groups excluding tert-OH is 1. The Balaban J connectivity index is 2.05. The van der Waals surface area contributed by atoms with Crippen LogP contribution >= 0.6 is 11.8 Å². The molecule has 0 saturated heterocycles. The summed E-state index contributed by atoms with van der Waals surface area (Å²) in [5.74, 6) is -1.49. The van der Waals surface area contributed by atoms with E-state index in [1.807, 2.05) is 0 Å². The van der Waals surface area contributed by atoms with Gasteiger partial charge >= 0.3 is 5.97 Å². The lowest BCUT2D eigenvalue weighted by Crippen LogP contribution is -2.21. The molecule has 0 fully saturated rings. The minimum Gasteiger partial charge on any atom is -0.462 e. The standard InChI is InChI=1S/C17H20N4O5S/c1-2-26-16(25)12-5-3-4-6-13(12)20-15(24)10-27-17-19-7-11(9-22)21(17)8-14(18)23/h3-7,22H,2,8-10H2,1H3,(H2,18,23)(H,20,24). The molecule has 27 heavy (non-hydrogen) atoms. The van der Waals surface area contributed by atoms with E-state index < -0.39 is 11.9 Å². The first-order valence-corrected chi connectivity index (χ1v) is 9.07. The number of carbonyl (C=O) groups is 3. The van der Waals surface area contributed by atoms with E-state index in [0.717, 1.165) is 11.8 Å². The maximum Gasteiger partial charge on any atom is 0.340 e. The van der Waals surface area contributed by atoms with Gasteiger partial charge in [0.05, 0.1) is 42.1 Å². The van der Waals surface area contributed by atoms with Crippen molar-refractivity contribution in [1.82, 2.24) is 9.55 Å². The van der Waals surface area contributed by atoms with Crippen LogP contribution in [0.5, 0.6) is 0 Å². The number of primary amides is 1. The molecule has 0 radical (unpaired) electrons. The number of hydrogen-bond acceptors (Lipinski definition) is 7. The molecule has 0 bridgehead atoms. The van der Waals surface area contributed by atoms with Gasteiger partial charge in [0.1, 0.15) is 6.54 Å². The monoisotopic (exact) mass is 392 g/mol. The predicted octanol–water partition coefficient (Wildman–Crippen LogP) is 0.768. The minimum atomic E-state index is -0.586. The van der Waals surface area contributed by atoms with E-state index in [9.17, 15) is 19.5 Å². The molecule has 2 amide bonds. The van der Waals surface area contributed by atoms with Crippen LogP contribution in [-0.2, 0) is 27.5 Å². The van der Waals surface area contributed by atoms with Gasteiger partial charge < -0.3 is 25.5 Å². The average molecular weight is 392 g/mol. The van der Waals surface area contributed by atoms with Gasteiger partial charge in [-0.05, 0) is 19.1 Å². The van der Waals surface area contributed by atoms with Gasteiger partial charge in [0, 0.05) is 0 Å². The zero-order valence-corrected chi connectivity index (χ0v) is 15.5. The third-order valence-electron chi connectivity index (χ3n) is 3.41. The average Bonchev–Trinajstić information content (AvgIpc) is 3.01. The number of carbonyl (C=O) groups excluding carboxylic acids is 3. The summed E-state index contributed by atoms with van der Waals surface area (Å²) in [5.41, 5.74) is 6.23. The highest BCUT2D eigenvalue weighted by Crippen LogP contribution is 2.21. The maximum atomic E-state index is 12.3. The molecular formula is C17H20N4O5S. The lowest BCUT2D eigenvalue weighted by atomic mass is 10.2. The lowest BCUT2D eigenvalue weighted by Gasteiger charge is -2.11. The number of para-hydroxylation sites is 1. The van der Waals surface area contributed by atoms with E-state index in [-0.39, 0.29) is 37.0 Å². The Morgan fingerprint density at radius 2 is 2.07 bits per heavy atom. The molecule has 0 spiro atoms. The van der Waals surface area contributed by atoms with Gasteiger partial charge in [0.15, 0.2) is 5.16 Å². The van der Waals surface area contributed by atoms with Gasteiger partial charge in [0.2, 0.25) is 11.8 Å². The summed E-state index contributed by atoms with van der Waals surface area (Å²) in [4.78, 5) is 39.5. The number of ether oxygens (including phenoxy) is 1. The summed E-state index contributed by atoms with van der Waals surface area (Å²) in [7, 11) is 0. The smallest absolute Gasteiger partial charge is 0.340 e. The Hall–Kier alpha value is -2.85. The summed E-state index contributed by atoms with van der Waals surface area (Å²) in [5, 5.41) is 12.3. The highest BCUT2D eigenvalue weighted by Gasteiger charge is 2.16. The number of anilines is 1. The van der Waals surface area contributed by atoms with Crippen molar-refractivity contribution < 1.29 is 24.2 Å². The summed E-state index contributed by atoms with van der Waals surface area (Å²) < 4.78 is 6.42. The second-order valence-electron chi connectivity index (χ2n) is 5.35. The molecule has 0 aliphatic carbocycles. The Morgan fingerprint density at radius 3 is 2.74 bits per heavy atom. The summed E-state index contributed by atoms with van der Waals surface area (Å²) in [6.07, 6.45) is 1.42. The van der Waals surface area contributed by atoms with Crippen LogP contribution < -0.4 is 11.1 Å². The van der Waals surface area contributed by atoms with Crippen LogP contribution in [0.2, 0.25) is 0 Å². The van der Waals surface area contributed by atoms with Gasteiger partial charge in [0.25, 0.3) is 0 Å². The first-order chi connectivity index (χ1) is 13.0. The van der Waals surface area contributed by atoms with Crippen LogP contribution in [0.25, 0.3) is 0 Å². The molecular weight excluding hydrogens is 372 g/mol. The van der Waals surface area contributed by atoms with E-state index in [0.29, 0.717) is 16.5 Å². The largest absolute Gasteiger partial charge is 0.462 e. The van der Waals surface area contributed by atoms with E-state index in [4.69, 9.17) is 10.5 Å². The topological polar surface area (TPSA) is 137 Å². The Labute approximate surface area is 159 Å². The van der Waals surface area contributed by atoms with E-state index in [2.05, 4.69) is 10.3 Å². The quantitative estimate of drug-likeness (QED) is 0.423. The van der Waals surface area contributed by atoms with Crippen LogP contribution in [-0.4, -0.2) is 44.8 Å². The molecule has 0 atom stereocenters. The third kappa shape index (κ3) is 5.56. The summed E-state index contributed by atoms with van der Waals surface area (Å²) in [6.45, 7) is 1.47. The Kier molecular flexibility index (Phi) is 7.38. The van der Waals surface area contributed by atoms with Crippen LogP contribution in [0.15, 0.2) is 35.6 Å². The van der Waals surface area contributed by atoms with Gasteiger partial charge in [-0.1, -0.05) is 23.9 Å². The van der Waals surface area contributed by atoms with E-state index in [1.54, 1.807) is 31.2 Å². The molecule has 10 heteroatoms. The maximum absolute atomic E-state index is 12.3. The van der Waals surface area contributed by atoms with Crippen molar-refractivity contribution in [3.63, 3.8) is 0 Å². The van der Waals surface area contributed by atoms with Crippen molar-refractivity contribution >= 4 is 35.2 Å². The van der Waals surface area contributed by atoms with Crippen molar-refractivity contribution in [2.75, 3.05) is 17.7 Å². The number of esters is 1. The Bertz CT molecular complexity index is 836. The summed E-state index contributed by atoms with van der Waals surface area (Å²) in [6, 6.07) is 6.53. The number of aliphatic hydroxyl groups is 1. The third-order valence-corrected chi connectivity index (χ3v) is 4.40. The van der Waals surface area contributed by atoms with Gasteiger partial charge in [-0.3, -0.25) is 9.59 Å². The van der Waals surface area contributed by atoms with Crippen LogP contribution in [0.4, 0.5) is 5.69 Å². The van der Waals surface area contributed by atoms with E-state index in [1.165, 1.54) is 10.8 Å². The second kappa shape index (κ2) is 9.74. The number of amides is 2. The SMILES string of the molecule is CCOC(=O)c1ccccc1NC(=O)CSc1ncc(CO)n1CC(N)=O. The molecule has 9 nitrogen and oxygen atoms in total. The number of benzene rings is 1. The van der Waals surface area contributed by atoms with Crippen molar-refractivity contribution in [2.24, 2.45) is 5.73 Å². The number of thioether (sulfide) groups is 1. The number of imidazole rings is 1. The Morgan fingerprint density at radius 1 is 1.33 bits per heavy atom. The highest BCUT2D eigenvalue weighted by atomic mass is 32.2. The van der Waals surface area contributed by atoms with Crippen molar-refractivity contribution in [3.8, 4) is 0 Å². The molecule has 0 aliphatic heterocycles. The van der Waals surface area contributed by atoms with Crippen LogP contribution in [0.1, 0.15) is 23.0 Å². The summed E-state index contributed by atoms with van der Waals surface area (Å²) >= 11 is 1.08. The fourth-order valence-corrected chi connectivity index (χ4v) is 3.05. The van der Waals surface area contributed by atoms with Gasteiger partial charge in [-0.15, -0.1) is 0 Å². The molecule has 2 aromatic rings. The predicted molar refractivity (Wildman–Crippen MR) is 99.1 cm³/mol. The van der Waals surface area contributed by atoms with Gasteiger partial charge in [-0.25, -0.2) is 9.78 Å². The lowest BCUT2D eigenvalue weighted by molar-refractivity contribution is -0.118. The van der Waals surface area contributed by atoms with Gasteiger partial charge in [-0.2, -0.15) is 0 Å². The molecule has 0 unspecified atom stereocenters. The van der Waals surface area contributed by atoms with Crippen molar-refractivity contribution in [2.45, 2.75) is 25.2 Å². The number of nitrogens with two attached hydrogens (primary N) is 1. The molecule has 1 aromatic heterocycles. The fourth-order valence-electron chi connectivity index (χ4n) is 2.25. The van der Waals surface area contributed by atoms with Crippen LogP contribution in [0.3, 0.4) is 0 Å². The highest BCUT2D eigenvalue weighted by molar-refractivity contribution is 7.99. The molecule has 2 rings (SSSR count). The zero-order valence-electron chi connectivity index (χ0n) is 14.7. The van der Waals surface area contributed by atoms with E-state index >= 15 is 0 Å². The number of aromatic nitrogens is 2. The second-order valence-corrected chi connectivity index (χ2v) is 6.29. The minimum absolute atomic E-state index is 0.0161. The first kappa shape index (κ1) is 20.5. The molecule has 1 aromatic carbocycles. The molecule has 4 N–H and O–H groups in total. The molecule has 1 heterocycles. The normalized spacial score (nSPS) is 10.4. The molecule has 144 valence electrons. The number of rotatable bonds is 9. The molecule has 0 aliphatic rings. The van der Waals surface area contributed by atoms with Crippen molar-refractivity contribution in [3.05, 3.63) is 41.7 Å². The first-order valence-electron chi connectivity index (χ1n) is 8.08. The van der Waals surface area contributed by atoms with Crippen LogP contribution in [0, 0.1) is 0 Å².